The van der Waals surface area contributed by atoms with E-state index in [-0.39, 0.29) is 0 Å². The molecule has 0 saturated heterocycles. The van der Waals surface area contributed by atoms with Gasteiger partial charge < -0.3 is 5.32 Å². The van der Waals surface area contributed by atoms with Crippen molar-refractivity contribution in [1.29, 1.82) is 0 Å². The molecule has 100 valence electrons. The Kier molecular flexibility index (Phi) is 4.00. The maximum absolute atomic E-state index is 6.13. The standard InChI is InChI=1S/C14H17ClN4/c1-10-11(2)18-19-13(16-10)17-14(3,9-15)12-7-5-4-6-8-12/h4-8H,9H2,1-3H3,(H,16,17,19). The number of rotatable bonds is 4. The first-order valence-electron chi connectivity index (χ1n) is 6.13. The second kappa shape index (κ2) is 5.53. The fraction of sp³-hybridized carbons (Fsp3) is 0.357. The minimum Gasteiger partial charge on any atom is -0.342 e. The van der Waals surface area contributed by atoms with Crippen LogP contribution in [0, 0.1) is 13.8 Å². The molecule has 4 nitrogen and oxygen atoms in total. The Morgan fingerprint density at radius 3 is 2.37 bits per heavy atom. The van der Waals surface area contributed by atoms with E-state index in [4.69, 9.17) is 11.6 Å². The highest BCUT2D eigenvalue weighted by molar-refractivity contribution is 6.18. The Bertz CT molecular complexity index is 559. The van der Waals surface area contributed by atoms with Crippen LogP contribution < -0.4 is 5.32 Å². The normalized spacial score (nSPS) is 13.9. The van der Waals surface area contributed by atoms with Crippen molar-refractivity contribution in [3.8, 4) is 0 Å². The van der Waals surface area contributed by atoms with Crippen LogP contribution in [0.1, 0.15) is 23.9 Å². The molecule has 2 aromatic rings. The molecule has 1 aromatic carbocycles. The van der Waals surface area contributed by atoms with Crippen LogP contribution in [0.2, 0.25) is 0 Å². The molecule has 0 spiro atoms. The first-order chi connectivity index (χ1) is 9.05. The average Bonchev–Trinajstić information content (AvgIpc) is 2.44. The number of benzene rings is 1. The van der Waals surface area contributed by atoms with Crippen molar-refractivity contribution in [1.82, 2.24) is 15.2 Å². The number of aromatic nitrogens is 3. The summed E-state index contributed by atoms with van der Waals surface area (Å²) in [5.74, 6) is 0.905. The lowest BCUT2D eigenvalue weighted by molar-refractivity contribution is 0.605. The van der Waals surface area contributed by atoms with Crippen LogP contribution in [0.5, 0.6) is 0 Å². The molecule has 0 aliphatic rings. The summed E-state index contributed by atoms with van der Waals surface area (Å²) in [5.41, 5.74) is 2.36. The van der Waals surface area contributed by atoms with Gasteiger partial charge in [0.2, 0.25) is 5.95 Å². The van der Waals surface area contributed by atoms with Crippen molar-refractivity contribution < 1.29 is 0 Å². The van der Waals surface area contributed by atoms with E-state index in [9.17, 15) is 0 Å². The smallest absolute Gasteiger partial charge is 0.243 e. The van der Waals surface area contributed by atoms with Crippen molar-refractivity contribution in [2.24, 2.45) is 0 Å². The SMILES string of the molecule is Cc1nnc(NC(C)(CCl)c2ccccc2)nc1C. The predicted molar refractivity (Wildman–Crippen MR) is 77.4 cm³/mol. The molecule has 1 aromatic heterocycles. The van der Waals surface area contributed by atoms with Crippen LogP contribution in [0.25, 0.3) is 0 Å². The van der Waals surface area contributed by atoms with E-state index in [1.807, 2.05) is 51.1 Å². The van der Waals surface area contributed by atoms with Gasteiger partial charge in [0, 0.05) is 5.88 Å². The van der Waals surface area contributed by atoms with Crippen LogP contribution in [-0.2, 0) is 5.54 Å². The van der Waals surface area contributed by atoms with E-state index in [1.165, 1.54) is 0 Å². The summed E-state index contributed by atoms with van der Waals surface area (Å²) in [7, 11) is 0. The van der Waals surface area contributed by atoms with Crippen LogP contribution in [0.4, 0.5) is 5.95 Å². The second-order valence-corrected chi connectivity index (χ2v) is 5.03. The van der Waals surface area contributed by atoms with E-state index in [1.54, 1.807) is 0 Å². The Morgan fingerprint density at radius 2 is 1.79 bits per heavy atom. The summed E-state index contributed by atoms with van der Waals surface area (Å²) >= 11 is 6.13. The van der Waals surface area contributed by atoms with Crippen molar-refractivity contribution in [3.05, 3.63) is 47.3 Å². The Balaban J connectivity index is 2.30. The second-order valence-electron chi connectivity index (χ2n) is 4.76. The summed E-state index contributed by atoms with van der Waals surface area (Å²) in [6, 6.07) is 10.0. The highest BCUT2D eigenvalue weighted by Gasteiger charge is 2.26. The molecule has 0 fully saturated rings. The highest BCUT2D eigenvalue weighted by atomic mass is 35.5. The Labute approximate surface area is 118 Å². The number of nitrogens with one attached hydrogen (secondary N) is 1. The molecule has 0 saturated carbocycles. The van der Waals surface area contributed by atoms with Gasteiger partial charge in [-0.25, -0.2) is 4.98 Å². The molecule has 2 rings (SSSR count). The van der Waals surface area contributed by atoms with Gasteiger partial charge in [-0.15, -0.1) is 16.7 Å². The summed E-state index contributed by atoms with van der Waals surface area (Å²) in [6.45, 7) is 5.82. The number of aryl methyl sites for hydroxylation is 2. The van der Waals surface area contributed by atoms with Gasteiger partial charge in [-0.2, -0.15) is 5.10 Å². The van der Waals surface area contributed by atoms with Crippen molar-refractivity contribution in [2.45, 2.75) is 26.3 Å². The third-order valence-electron chi connectivity index (χ3n) is 3.16. The van der Waals surface area contributed by atoms with E-state index < -0.39 is 5.54 Å². The third-order valence-corrected chi connectivity index (χ3v) is 3.69. The molecule has 1 unspecified atom stereocenters. The zero-order valence-electron chi connectivity index (χ0n) is 11.3. The molecule has 1 heterocycles. The lowest BCUT2D eigenvalue weighted by Crippen LogP contribution is -2.34. The number of anilines is 1. The van der Waals surface area contributed by atoms with Gasteiger partial charge in [0.1, 0.15) is 0 Å². The first-order valence-corrected chi connectivity index (χ1v) is 6.66. The number of alkyl halides is 1. The van der Waals surface area contributed by atoms with Gasteiger partial charge >= 0.3 is 0 Å². The molecule has 0 radical (unpaired) electrons. The van der Waals surface area contributed by atoms with Gasteiger partial charge in [0.05, 0.1) is 16.9 Å². The number of hydrogen-bond acceptors (Lipinski definition) is 4. The minimum absolute atomic E-state index is 0.410. The number of halogens is 1. The van der Waals surface area contributed by atoms with Gasteiger partial charge in [-0.05, 0) is 26.3 Å². The Hall–Kier alpha value is -1.68. The lowest BCUT2D eigenvalue weighted by atomic mass is 9.94. The number of nitrogens with zero attached hydrogens (tertiary/aromatic N) is 3. The van der Waals surface area contributed by atoms with Crippen molar-refractivity contribution in [2.75, 3.05) is 11.2 Å². The highest BCUT2D eigenvalue weighted by Crippen LogP contribution is 2.25. The summed E-state index contributed by atoms with van der Waals surface area (Å²) < 4.78 is 0. The maximum Gasteiger partial charge on any atom is 0.243 e. The molecule has 0 amide bonds. The Morgan fingerprint density at radius 1 is 1.11 bits per heavy atom. The average molecular weight is 277 g/mol. The molecular weight excluding hydrogens is 260 g/mol. The van der Waals surface area contributed by atoms with Gasteiger partial charge in [-0.1, -0.05) is 30.3 Å². The first kappa shape index (κ1) is 13.7. The molecule has 0 aliphatic carbocycles. The monoisotopic (exact) mass is 276 g/mol. The molecule has 1 N–H and O–H groups in total. The molecule has 0 bridgehead atoms. The lowest BCUT2D eigenvalue weighted by Gasteiger charge is -2.29. The molecule has 0 aliphatic heterocycles. The summed E-state index contributed by atoms with van der Waals surface area (Å²) in [6.07, 6.45) is 0. The molecule has 1 atom stereocenters. The predicted octanol–water partition coefficient (Wildman–Crippen LogP) is 3.05. The fourth-order valence-corrected chi connectivity index (χ4v) is 1.97. The largest absolute Gasteiger partial charge is 0.342 e. The van der Waals surface area contributed by atoms with Crippen LogP contribution in [0.15, 0.2) is 30.3 Å². The van der Waals surface area contributed by atoms with Gasteiger partial charge in [0.25, 0.3) is 0 Å². The van der Waals surface area contributed by atoms with E-state index in [2.05, 4.69) is 20.5 Å². The molecular formula is C14H17ClN4. The van der Waals surface area contributed by atoms with Crippen molar-refractivity contribution in [3.63, 3.8) is 0 Å². The van der Waals surface area contributed by atoms with Gasteiger partial charge in [0.15, 0.2) is 0 Å². The maximum atomic E-state index is 6.13. The topological polar surface area (TPSA) is 50.7 Å². The van der Waals surface area contributed by atoms with Crippen LogP contribution >= 0.6 is 11.6 Å². The van der Waals surface area contributed by atoms with E-state index in [0.717, 1.165) is 17.0 Å². The van der Waals surface area contributed by atoms with E-state index in [0.29, 0.717) is 11.8 Å². The minimum atomic E-state index is -0.424. The zero-order valence-corrected chi connectivity index (χ0v) is 12.1. The number of hydrogen-bond donors (Lipinski definition) is 1. The zero-order chi connectivity index (χ0) is 13.9. The van der Waals surface area contributed by atoms with Crippen LogP contribution in [-0.4, -0.2) is 21.1 Å². The fourth-order valence-electron chi connectivity index (χ4n) is 1.75. The van der Waals surface area contributed by atoms with E-state index >= 15 is 0 Å². The van der Waals surface area contributed by atoms with Gasteiger partial charge in [-0.3, -0.25) is 0 Å². The van der Waals surface area contributed by atoms with Crippen molar-refractivity contribution >= 4 is 17.5 Å². The molecule has 5 heteroatoms. The molecule has 19 heavy (non-hydrogen) atoms. The summed E-state index contributed by atoms with van der Waals surface area (Å²) in [4.78, 5) is 4.39. The summed E-state index contributed by atoms with van der Waals surface area (Å²) in [5, 5.41) is 11.4. The quantitative estimate of drug-likeness (QED) is 0.872. The third kappa shape index (κ3) is 3.01. The van der Waals surface area contributed by atoms with Crippen LogP contribution in [0.3, 0.4) is 0 Å².